The van der Waals surface area contributed by atoms with Gasteiger partial charge in [0.15, 0.2) is 17.6 Å². The SMILES string of the molecule is O=C(COC(=O)CSc1nnc(-c2ccccc2)n1-c1ccccc1)NC(=O)NC1CCCC1. The van der Waals surface area contributed by atoms with Gasteiger partial charge in [0, 0.05) is 17.3 Å². The van der Waals surface area contributed by atoms with Gasteiger partial charge in [0.2, 0.25) is 0 Å². The number of hydrogen-bond acceptors (Lipinski definition) is 7. The number of nitrogens with zero attached hydrogens (tertiary/aromatic N) is 3. The number of hydrogen-bond donors (Lipinski definition) is 2. The largest absolute Gasteiger partial charge is 0.455 e. The van der Waals surface area contributed by atoms with Gasteiger partial charge in [0.25, 0.3) is 5.91 Å². The van der Waals surface area contributed by atoms with Crippen molar-refractivity contribution in [3.8, 4) is 17.1 Å². The molecule has 2 aromatic carbocycles. The highest BCUT2D eigenvalue weighted by Crippen LogP contribution is 2.27. The Morgan fingerprint density at radius 3 is 2.35 bits per heavy atom. The minimum Gasteiger partial charge on any atom is -0.455 e. The Labute approximate surface area is 201 Å². The van der Waals surface area contributed by atoms with Crippen LogP contribution in [0.4, 0.5) is 4.79 Å². The molecule has 2 N–H and O–H groups in total. The van der Waals surface area contributed by atoms with E-state index in [4.69, 9.17) is 4.74 Å². The lowest BCUT2D eigenvalue weighted by molar-refractivity contribution is -0.145. The van der Waals surface area contributed by atoms with Crippen LogP contribution in [0.3, 0.4) is 0 Å². The molecule has 0 saturated heterocycles. The fourth-order valence-electron chi connectivity index (χ4n) is 3.71. The summed E-state index contributed by atoms with van der Waals surface area (Å²) in [5.41, 5.74) is 1.75. The molecule has 0 radical (unpaired) electrons. The maximum Gasteiger partial charge on any atom is 0.321 e. The number of para-hydroxylation sites is 1. The highest BCUT2D eigenvalue weighted by molar-refractivity contribution is 7.99. The molecule has 1 saturated carbocycles. The molecular formula is C24H25N5O4S. The molecule has 1 aliphatic rings. The summed E-state index contributed by atoms with van der Waals surface area (Å²) in [7, 11) is 0. The summed E-state index contributed by atoms with van der Waals surface area (Å²) in [6, 6.07) is 18.8. The lowest BCUT2D eigenvalue weighted by atomic mass is 10.2. The van der Waals surface area contributed by atoms with Crippen LogP contribution in [0.15, 0.2) is 65.8 Å². The molecule has 1 heterocycles. The average molecular weight is 480 g/mol. The van der Waals surface area contributed by atoms with Gasteiger partial charge >= 0.3 is 12.0 Å². The maximum atomic E-state index is 12.2. The summed E-state index contributed by atoms with van der Waals surface area (Å²) >= 11 is 1.16. The molecule has 0 atom stereocenters. The smallest absolute Gasteiger partial charge is 0.321 e. The zero-order valence-corrected chi connectivity index (χ0v) is 19.3. The van der Waals surface area contributed by atoms with Gasteiger partial charge < -0.3 is 10.1 Å². The van der Waals surface area contributed by atoms with Gasteiger partial charge in [-0.05, 0) is 25.0 Å². The predicted octanol–water partition coefficient (Wildman–Crippen LogP) is 3.34. The Morgan fingerprint density at radius 1 is 0.971 bits per heavy atom. The summed E-state index contributed by atoms with van der Waals surface area (Å²) in [4.78, 5) is 36.0. The first-order valence-electron chi connectivity index (χ1n) is 11.0. The number of benzene rings is 2. The monoisotopic (exact) mass is 479 g/mol. The number of ether oxygens (including phenoxy) is 1. The average Bonchev–Trinajstić information content (AvgIpc) is 3.52. The molecule has 34 heavy (non-hydrogen) atoms. The van der Waals surface area contributed by atoms with Crippen molar-refractivity contribution < 1.29 is 19.1 Å². The molecule has 1 aliphatic carbocycles. The Balaban J connectivity index is 1.33. The third-order valence-corrected chi connectivity index (χ3v) is 6.21. The molecular weight excluding hydrogens is 454 g/mol. The molecule has 9 nitrogen and oxygen atoms in total. The van der Waals surface area contributed by atoms with Crippen molar-refractivity contribution >= 4 is 29.7 Å². The molecule has 3 aromatic rings. The summed E-state index contributed by atoms with van der Waals surface area (Å²) in [6.07, 6.45) is 3.96. The van der Waals surface area contributed by atoms with E-state index >= 15 is 0 Å². The van der Waals surface area contributed by atoms with E-state index in [1.807, 2.05) is 65.2 Å². The summed E-state index contributed by atoms with van der Waals surface area (Å²) in [5, 5.41) is 14.0. The zero-order valence-electron chi connectivity index (χ0n) is 18.5. The quantitative estimate of drug-likeness (QED) is 0.376. The Morgan fingerprint density at radius 2 is 1.65 bits per heavy atom. The lowest BCUT2D eigenvalue weighted by Gasteiger charge is -2.12. The van der Waals surface area contributed by atoms with Gasteiger partial charge in [-0.3, -0.25) is 19.5 Å². The molecule has 0 spiro atoms. The van der Waals surface area contributed by atoms with Crippen LogP contribution in [0.2, 0.25) is 0 Å². The van der Waals surface area contributed by atoms with Crippen LogP contribution >= 0.6 is 11.8 Å². The van der Waals surface area contributed by atoms with Gasteiger partial charge in [-0.15, -0.1) is 10.2 Å². The van der Waals surface area contributed by atoms with E-state index in [1.54, 1.807) is 0 Å². The molecule has 0 unspecified atom stereocenters. The van der Waals surface area contributed by atoms with Crippen molar-refractivity contribution in [2.75, 3.05) is 12.4 Å². The third kappa shape index (κ3) is 6.22. The van der Waals surface area contributed by atoms with E-state index < -0.39 is 24.5 Å². The van der Waals surface area contributed by atoms with Crippen molar-refractivity contribution in [2.45, 2.75) is 36.9 Å². The van der Waals surface area contributed by atoms with Crippen LogP contribution < -0.4 is 10.6 Å². The maximum absolute atomic E-state index is 12.2. The summed E-state index contributed by atoms with van der Waals surface area (Å²) in [5.74, 6) is -0.690. The number of nitrogens with one attached hydrogen (secondary N) is 2. The van der Waals surface area contributed by atoms with E-state index in [2.05, 4.69) is 20.8 Å². The fraction of sp³-hybridized carbons (Fsp3) is 0.292. The number of esters is 1. The van der Waals surface area contributed by atoms with Crippen LogP contribution in [0.5, 0.6) is 0 Å². The highest BCUT2D eigenvalue weighted by Gasteiger charge is 2.20. The van der Waals surface area contributed by atoms with Crippen LogP contribution in [0.1, 0.15) is 25.7 Å². The van der Waals surface area contributed by atoms with Gasteiger partial charge in [0.05, 0.1) is 5.75 Å². The minimum atomic E-state index is -0.673. The highest BCUT2D eigenvalue weighted by atomic mass is 32.2. The third-order valence-electron chi connectivity index (χ3n) is 5.31. The van der Waals surface area contributed by atoms with Crippen LogP contribution in [-0.2, 0) is 14.3 Å². The first-order chi connectivity index (χ1) is 16.6. The number of urea groups is 1. The van der Waals surface area contributed by atoms with Crippen molar-refractivity contribution in [2.24, 2.45) is 0 Å². The van der Waals surface area contributed by atoms with Gasteiger partial charge in [0.1, 0.15) is 0 Å². The van der Waals surface area contributed by atoms with Gasteiger partial charge in [-0.1, -0.05) is 73.1 Å². The van der Waals surface area contributed by atoms with Crippen LogP contribution in [-0.4, -0.2) is 51.1 Å². The standard InChI is InChI=1S/C24H25N5O4S/c30-20(26-23(32)25-18-11-7-8-12-18)15-33-21(31)16-34-24-28-27-22(17-9-3-1-4-10-17)29(24)19-13-5-2-6-14-19/h1-6,9-10,13-14,18H,7-8,11-12,15-16H2,(H2,25,26,30,32). The molecule has 4 rings (SSSR count). The first-order valence-corrected chi connectivity index (χ1v) is 12.0. The molecule has 0 bridgehead atoms. The van der Waals surface area contributed by atoms with E-state index in [9.17, 15) is 14.4 Å². The number of imide groups is 1. The second kappa shape index (κ2) is 11.5. The number of rotatable bonds is 8. The van der Waals surface area contributed by atoms with Gasteiger partial charge in [-0.25, -0.2) is 4.79 Å². The number of carbonyl (C=O) groups excluding carboxylic acids is 3. The fourth-order valence-corrected chi connectivity index (χ4v) is 4.46. The second-order valence-electron chi connectivity index (χ2n) is 7.80. The lowest BCUT2D eigenvalue weighted by Crippen LogP contribution is -2.45. The zero-order chi connectivity index (χ0) is 23.8. The molecule has 1 fully saturated rings. The number of aromatic nitrogens is 3. The predicted molar refractivity (Wildman–Crippen MR) is 127 cm³/mol. The molecule has 10 heteroatoms. The van der Waals surface area contributed by atoms with E-state index in [0.29, 0.717) is 11.0 Å². The second-order valence-corrected chi connectivity index (χ2v) is 8.74. The molecule has 0 aliphatic heterocycles. The van der Waals surface area contributed by atoms with E-state index in [0.717, 1.165) is 48.7 Å². The topological polar surface area (TPSA) is 115 Å². The summed E-state index contributed by atoms with van der Waals surface area (Å²) in [6.45, 7) is -0.530. The first kappa shape index (κ1) is 23.5. The van der Waals surface area contributed by atoms with Crippen molar-refractivity contribution in [1.29, 1.82) is 0 Å². The van der Waals surface area contributed by atoms with Crippen molar-refractivity contribution in [3.63, 3.8) is 0 Å². The minimum absolute atomic E-state index is 0.0681. The van der Waals surface area contributed by atoms with E-state index in [1.165, 1.54) is 0 Å². The molecule has 3 amide bonds. The van der Waals surface area contributed by atoms with Crippen molar-refractivity contribution in [3.05, 3.63) is 60.7 Å². The Kier molecular flexibility index (Phi) is 7.92. The van der Waals surface area contributed by atoms with Crippen molar-refractivity contribution in [1.82, 2.24) is 25.4 Å². The Bertz CT molecular complexity index is 1130. The van der Waals surface area contributed by atoms with Gasteiger partial charge in [-0.2, -0.15) is 0 Å². The Hall–Kier alpha value is -3.66. The van der Waals surface area contributed by atoms with E-state index in [-0.39, 0.29) is 11.8 Å². The number of amides is 3. The summed E-state index contributed by atoms with van der Waals surface area (Å²) < 4.78 is 6.89. The molecule has 1 aromatic heterocycles. The number of thioether (sulfide) groups is 1. The number of carbonyl (C=O) groups is 3. The van der Waals surface area contributed by atoms with Crippen LogP contribution in [0, 0.1) is 0 Å². The normalized spacial score (nSPS) is 13.4. The molecule has 176 valence electrons. The van der Waals surface area contributed by atoms with Crippen LogP contribution in [0.25, 0.3) is 17.1 Å².